The molecule has 3 heterocycles. The molecule has 0 saturated carbocycles. The van der Waals surface area contributed by atoms with E-state index in [1.165, 1.54) is 35.8 Å². The Morgan fingerprint density at radius 1 is 1.23 bits per heavy atom. The van der Waals surface area contributed by atoms with Crippen molar-refractivity contribution >= 4 is 23.6 Å². The van der Waals surface area contributed by atoms with Crippen LogP contribution in [0.5, 0.6) is 5.75 Å². The van der Waals surface area contributed by atoms with Crippen molar-refractivity contribution in [3.05, 3.63) is 57.8 Å². The Balaban J connectivity index is 1.69. The third-order valence-corrected chi connectivity index (χ3v) is 5.17. The lowest BCUT2D eigenvalue weighted by Crippen LogP contribution is -2.44. The van der Waals surface area contributed by atoms with Crippen molar-refractivity contribution < 1.29 is 22.4 Å². The van der Waals surface area contributed by atoms with E-state index in [1.54, 1.807) is 6.92 Å². The molecule has 11 heteroatoms. The average Bonchev–Trinajstić information content (AvgIpc) is 2.63. The first kappa shape index (κ1) is 20.2. The summed E-state index contributed by atoms with van der Waals surface area (Å²) in [5.41, 5.74) is 1.76. The zero-order chi connectivity index (χ0) is 21.6. The zero-order valence-electron chi connectivity index (χ0n) is 16.1. The highest BCUT2D eigenvalue weighted by Gasteiger charge is 2.36. The van der Waals surface area contributed by atoms with Crippen LogP contribution in [0, 0.1) is 13.8 Å². The van der Waals surface area contributed by atoms with Gasteiger partial charge in [0, 0.05) is 17.8 Å². The summed E-state index contributed by atoms with van der Waals surface area (Å²) in [6.45, 7) is 2.67. The number of aromatic nitrogens is 3. The summed E-state index contributed by atoms with van der Waals surface area (Å²) in [5.74, 6) is 0.528. The van der Waals surface area contributed by atoms with Crippen LogP contribution in [0.1, 0.15) is 17.0 Å². The number of anilines is 1. The van der Waals surface area contributed by atoms with Gasteiger partial charge in [-0.05, 0) is 38.6 Å². The second kappa shape index (κ2) is 7.30. The molecule has 0 amide bonds. The molecule has 1 aliphatic rings. The van der Waals surface area contributed by atoms with E-state index in [9.17, 15) is 22.4 Å². The third-order valence-electron chi connectivity index (χ3n) is 5.17. The van der Waals surface area contributed by atoms with Crippen molar-refractivity contribution in [3.8, 4) is 5.75 Å². The number of fused-ring (bicyclic) bond motifs is 1. The van der Waals surface area contributed by atoms with Crippen LogP contribution in [0.25, 0.3) is 10.9 Å². The Morgan fingerprint density at radius 3 is 2.63 bits per heavy atom. The zero-order valence-corrected chi connectivity index (χ0v) is 16.1. The number of pyridine rings is 1. The fourth-order valence-corrected chi connectivity index (χ4v) is 3.48. The Bertz CT molecular complexity index is 1180. The molecule has 3 aromatic rings. The minimum Gasteiger partial charge on any atom is -0.380 e. The monoisotopic (exact) mass is 420 g/mol. The predicted octanol–water partition coefficient (Wildman–Crippen LogP) is 4.02. The van der Waals surface area contributed by atoms with E-state index >= 15 is 0 Å². The number of halogens is 4. The van der Waals surface area contributed by atoms with Crippen LogP contribution in [-0.4, -0.2) is 27.5 Å². The van der Waals surface area contributed by atoms with Gasteiger partial charge >= 0.3 is 6.18 Å². The van der Waals surface area contributed by atoms with Crippen molar-refractivity contribution in [2.75, 3.05) is 5.48 Å². The highest BCUT2D eigenvalue weighted by molar-refractivity contribution is 6.60. The maximum Gasteiger partial charge on any atom is 0.416 e. The molecule has 6 nitrogen and oxygen atoms in total. The molecule has 1 N–H and O–H groups in total. The molecular formula is C19H17BF4N4O2. The lowest BCUT2D eigenvalue weighted by Gasteiger charge is -2.28. The summed E-state index contributed by atoms with van der Waals surface area (Å²) < 4.78 is 54.0. The molecule has 0 spiro atoms. The lowest BCUT2D eigenvalue weighted by atomic mass is 9.43. The first-order chi connectivity index (χ1) is 14.1. The summed E-state index contributed by atoms with van der Waals surface area (Å²) in [6.07, 6.45) is -3.41. The molecule has 30 heavy (non-hydrogen) atoms. The number of rotatable bonds is 4. The van der Waals surface area contributed by atoms with Crippen LogP contribution in [0.2, 0.25) is 12.6 Å². The SMILES string of the molecule is Cc1nc(NOc2cccc(C(F)(F)F)c2C)c2cn(B3CC(F)C3)c(=O)cc2n1. The number of benzene rings is 1. The van der Waals surface area contributed by atoms with Gasteiger partial charge in [-0.2, -0.15) is 13.2 Å². The molecular weight excluding hydrogens is 403 g/mol. The van der Waals surface area contributed by atoms with E-state index < -0.39 is 17.9 Å². The molecule has 4 rings (SSSR count). The molecule has 1 aliphatic heterocycles. The Hall–Kier alpha value is -3.11. The van der Waals surface area contributed by atoms with Crippen LogP contribution in [-0.2, 0) is 6.18 Å². The maximum atomic E-state index is 13.2. The summed E-state index contributed by atoms with van der Waals surface area (Å²) >= 11 is 0. The largest absolute Gasteiger partial charge is 0.416 e. The Labute approximate surface area is 169 Å². The van der Waals surface area contributed by atoms with Crippen LogP contribution in [0.15, 0.2) is 35.3 Å². The smallest absolute Gasteiger partial charge is 0.380 e. The van der Waals surface area contributed by atoms with Gasteiger partial charge in [-0.15, -0.1) is 0 Å². The molecule has 2 aromatic heterocycles. The topological polar surface area (TPSA) is 69.0 Å². The van der Waals surface area contributed by atoms with Gasteiger partial charge in [-0.1, -0.05) is 6.07 Å². The van der Waals surface area contributed by atoms with Gasteiger partial charge in [0.05, 0.1) is 22.6 Å². The van der Waals surface area contributed by atoms with Crippen LogP contribution in [0.3, 0.4) is 0 Å². The summed E-state index contributed by atoms with van der Waals surface area (Å²) in [5, 5.41) is 0.437. The number of alkyl halides is 4. The van der Waals surface area contributed by atoms with E-state index in [2.05, 4.69) is 15.4 Å². The van der Waals surface area contributed by atoms with E-state index in [0.717, 1.165) is 6.07 Å². The van der Waals surface area contributed by atoms with Crippen molar-refractivity contribution in [3.63, 3.8) is 0 Å². The first-order valence-corrected chi connectivity index (χ1v) is 9.28. The number of nitrogens with zero attached hydrogens (tertiary/aromatic N) is 3. The van der Waals surface area contributed by atoms with E-state index in [1.807, 2.05) is 0 Å². The Morgan fingerprint density at radius 2 is 1.97 bits per heavy atom. The van der Waals surface area contributed by atoms with E-state index in [-0.39, 0.29) is 42.2 Å². The third kappa shape index (κ3) is 3.71. The predicted molar refractivity (Wildman–Crippen MR) is 105 cm³/mol. The van der Waals surface area contributed by atoms with E-state index in [0.29, 0.717) is 16.7 Å². The highest BCUT2D eigenvalue weighted by atomic mass is 19.4. The highest BCUT2D eigenvalue weighted by Crippen LogP contribution is 2.35. The van der Waals surface area contributed by atoms with Crippen LogP contribution >= 0.6 is 0 Å². The quantitative estimate of drug-likeness (QED) is 0.392. The van der Waals surface area contributed by atoms with Gasteiger partial charge in [-0.25, -0.2) is 19.8 Å². The van der Waals surface area contributed by atoms with Crippen molar-refractivity contribution in [1.29, 1.82) is 0 Å². The normalized spacial score (nSPS) is 14.7. The number of hydrogen-bond donors (Lipinski definition) is 1. The summed E-state index contributed by atoms with van der Waals surface area (Å²) in [7, 11) is 0. The molecule has 0 aliphatic carbocycles. The molecule has 1 saturated heterocycles. The van der Waals surface area contributed by atoms with Gasteiger partial charge in [-0.3, -0.25) is 4.79 Å². The molecule has 0 unspecified atom stereocenters. The molecule has 0 atom stereocenters. The van der Waals surface area contributed by atoms with Gasteiger partial charge in [0.2, 0.25) is 5.56 Å². The minimum atomic E-state index is -4.51. The molecule has 1 aromatic carbocycles. The van der Waals surface area contributed by atoms with Gasteiger partial charge in [0.15, 0.2) is 11.6 Å². The number of aryl methyl sites for hydroxylation is 1. The second-order valence-corrected chi connectivity index (χ2v) is 7.29. The summed E-state index contributed by atoms with van der Waals surface area (Å²) in [6, 6.07) is 4.95. The van der Waals surface area contributed by atoms with Crippen LogP contribution in [0.4, 0.5) is 23.4 Å². The molecule has 0 bridgehead atoms. The minimum absolute atomic E-state index is 0.0122. The molecule has 0 radical (unpaired) electrons. The number of hydrogen-bond acceptors (Lipinski definition) is 5. The summed E-state index contributed by atoms with van der Waals surface area (Å²) in [4.78, 5) is 26.3. The lowest BCUT2D eigenvalue weighted by molar-refractivity contribution is -0.138. The average molecular weight is 420 g/mol. The molecule has 156 valence electrons. The van der Waals surface area contributed by atoms with Crippen LogP contribution < -0.4 is 15.9 Å². The number of nitrogens with one attached hydrogen (secondary N) is 1. The fourth-order valence-electron chi connectivity index (χ4n) is 3.48. The standard InChI is InChI=1S/C19H17BF4N4O2/c1-10-14(19(22,23)24)4-3-5-16(10)30-27-18-13-9-28(20-7-12(21)8-20)17(29)6-15(13)25-11(2)26-18/h3-6,9,12H,7-8H2,1-2H3,(H,25,26,27). The Kier molecular flexibility index (Phi) is 4.91. The van der Waals surface area contributed by atoms with Crippen molar-refractivity contribution in [2.45, 2.75) is 38.8 Å². The second-order valence-electron chi connectivity index (χ2n) is 7.29. The van der Waals surface area contributed by atoms with Gasteiger partial charge in [0.25, 0.3) is 6.85 Å². The van der Waals surface area contributed by atoms with Crippen molar-refractivity contribution in [1.82, 2.24) is 14.4 Å². The first-order valence-electron chi connectivity index (χ1n) is 9.28. The van der Waals surface area contributed by atoms with Gasteiger partial charge < -0.3 is 9.32 Å². The van der Waals surface area contributed by atoms with Gasteiger partial charge in [0.1, 0.15) is 5.82 Å². The fraction of sp³-hybridized carbons (Fsp3) is 0.316. The maximum absolute atomic E-state index is 13.2. The van der Waals surface area contributed by atoms with Crippen molar-refractivity contribution in [2.24, 2.45) is 0 Å². The van der Waals surface area contributed by atoms with E-state index in [4.69, 9.17) is 4.84 Å². The molecule has 1 fully saturated rings.